The molecular formula is C12H14ClFN2. The van der Waals surface area contributed by atoms with E-state index in [9.17, 15) is 4.39 Å². The topological polar surface area (TPSA) is 35.8 Å². The molecule has 0 saturated carbocycles. The van der Waals surface area contributed by atoms with Crippen LogP contribution in [0.4, 0.5) is 10.1 Å². The molecule has 0 aromatic heterocycles. The highest BCUT2D eigenvalue weighted by Gasteiger charge is 2.15. The quantitative estimate of drug-likeness (QED) is 0.868. The molecule has 16 heavy (non-hydrogen) atoms. The Bertz CT molecular complexity index is 410. The van der Waals surface area contributed by atoms with E-state index in [1.54, 1.807) is 6.07 Å². The number of benzene rings is 1. The zero-order valence-corrected chi connectivity index (χ0v) is 10.1. The van der Waals surface area contributed by atoms with E-state index in [0.717, 1.165) is 0 Å². The number of nitriles is 1. The molecule has 0 heterocycles. The van der Waals surface area contributed by atoms with Crippen LogP contribution in [0.15, 0.2) is 18.2 Å². The lowest BCUT2D eigenvalue weighted by atomic mass is 9.91. The molecule has 0 spiro atoms. The monoisotopic (exact) mass is 240 g/mol. The average molecular weight is 241 g/mol. The standard InChI is InChI=1S/C12H14ClFN2/c1-12(2,8-15)5-6-16-11-4-3-9(14)7-10(11)13/h3-4,7,16H,5-6H2,1-2H3. The molecule has 0 aliphatic heterocycles. The van der Waals surface area contributed by atoms with Crippen LogP contribution in [0.1, 0.15) is 20.3 Å². The molecule has 2 nitrogen and oxygen atoms in total. The number of halogens is 2. The lowest BCUT2D eigenvalue weighted by molar-refractivity contribution is 0.466. The first-order chi connectivity index (χ1) is 7.44. The van der Waals surface area contributed by atoms with E-state index in [1.807, 2.05) is 13.8 Å². The maximum atomic E-state index is 12.8. The Morgan fingerprint density at radius 3 is 2.75 bits per heavy atom. The molecule has 0 atom stereocenters. The van der Waals surface area contributed by atoms with Gasteiger partial charge in [-0.05, 0) is 38.5 Å². The Morgan fingerprint density at radius 1 is 1.50 bits per heavy atom. The van der Waals surface area contributed by atoms with Gasteiger partial charge in [-0.3, -0.25) is 0 Å². The van der Waals surface area contributed by atoms with Crippen molar-refractivity contribution in [3.63, 3.8) is 0 Å². The Kier molecular flexibility index (Phi) is 4.14. The predicted molar refractivity (Wildman–Crippen MR) is 63.9 cm³/mol. The van der Waals surface area contributed by atoms with Gasteiger partial charge in [0.15, 0.2) is 0 Å². The van der Waals surface area contributed by atoms with E-state index in [0.29, 0.717) is 23.7 Å². The molecule has 0 saturated heterocycles. The summed E-state index contributed by atoms with van der Waals surface area (Å²) in [5, 5.41) is 12.3. The summed E-state index contributed by atoms with van der Waals surface area (Å²) >= 11 is 5.85. The Morgan fingerprint density at radius 2 is 2.19 bits per heavy atom. The largest absolute Gasteiger partial charge is 0.384 e. The minimum atomic E-state index is -0.362. The number of hydrogen-bond donors (Lipinski definition) is 1. The summed E-state index contributed by atoms with van der Waals surface area (Å²) < 4.78 is 12.8. The van der Waals surface area contributed by atoms with Crippen molar-refractivity contribution >= 4 is 17.3 Å². The predicted octanol–water partition coefficient (Wildman–Crippen LogP) is 3.83. The number of anilines is 1. The molecule has 1 rings (SSSR count). The van der Waals surface area contributed by atoms with Crippen LogP contribution in [-0.2, 0) is 0 Å². The van der Waals surface area contributed by atoms with Gasteiger partial charge in [0.2, 0.25) is 0 Å². The first-order valence-electron chi connectivity index (χ1n) is 5.05. The minimum absolute atomic E-state index is 0.354. The van der Waals surface area contributed by atoms with E-state index in [1.165, 1.54) is 12.1 Å². The van der Waals surface area contributed by atoms with Crippen LogP contribution in [-0.4, -0.2) is 6.54 Å². The van der Waals surface area contributed by atoms with Crippen molar-refractivity contribution in [2.24, 2.45) is 5.41 Å². The number of rotatable bonds is 4. The molecule has 4 heteroatoms. The van der Waals surface area contributed by atoms with Gasteiger partial charge < -0.3 is 5.32 Å². The molecular weight excluding hydrogens is 227 g/mol. The van der Waals surface area contributed by atoms with Crippen molar-refractivity contribution in [3.8, 4) is 6.07 Å². The fraction of sp³-hybridized carbons (Fsp3) is 0.417. The molecule has 0 aliphatic carbocycles. The number of nitrogens with zero attached hydrogens (tertiary/aromatic N) is 1. The Hall–Kier alpha value is -1.27. The summed E-state index contributed by atoms with van der Waals surface area (Å²) in [7, 11) is 0. The summed E-state index contributed by atoms with van der Waals surface area (Å²) in [5.74, 6) is -0.354. The van der Waals surface area contributed by atoms with Crippen LogP contribution in [0.2, 0.25) is 5.02 Å². The summed E-state index contributed by atoms with van der Waals surface area (Å²) in [6, 6.07) is 6.43. The smallest absolute Gasteiger partial charge is 0.124 e. The molecule has 0 aliphatic rings. The van der Waals surface area contributed by atoms with E-state index in [2.05, 4.69) is 11.4 Å². The number of hydrogen-bond acceptors (Lipinski definition) is 2. The number of nitrogens with one attached hydrogen (secondary N) is 1. The van der Waals surface area contributed by atoms with Gasteiger partial charge in [0.25, 0.3) is 0 Å². The van der Waals surface area contributed by atoms with Gasteiger partial charge in [-0.15, -0.1) is 0 Å². The third-order valence-corrected chi connectivity index (χ3v) is 2.61. The second-order valence-electron chi connectivity index (χ2n) is 4.30. The summed E-state index contributed by atoms with van der Waals surface area (Å²) in [6.07, 6.45) is 0.706. The molecule has 1 N–H and O–H groups in total. The van der Waals surface area contributed by atoms with Crippen molar-refractivity contribution in [2.45, 2.75) is 20.3 Å². The van der Waals surface area contributed by atoms with Crippen LogP contribution < -0.4 is 5.32 Å². The molecule has 0 amide bonds. The van der Waals surface area contributed by atoms with Gasteiger partial charge in [0.05, 0.1) is 22.2 Å². The van der Waals surface area contributed by atoms with Gasteiger partial charge >= 0.3 is 0 Å². The fourth-order valence-electron chi connectivity index (χ4n) is 1.20. The van der Waals surface area contributed by atoms with Crippen molar-refractivity contribution in [1.29, 1.82) is 5.26 Å². The molecule has 0 radical (unpaired) electrons. The van der Waals surface area contributed by atoms with Crippen molar-refractivity contribution in [1.82, 2.24) is 0 Å². The molecule has 86 valence electrons. The lowest BCUT2D eigenvalue weighted by Gasteiger charge is -2.16. The zero-order chi connectivity index (χ0) is 12.2. The van der Waals surface area contributed by atoms with Crippen LogP contribution in [0.5, 0.6) is 0 Å². The highest BCUT2D eigenvalue weighted by atomic mass is 35.5. The SMILES string of the molecule is CC(C)(C#N)CCNc1ccc(F)cc1Cl. The second-order valence-corrected chi connectivity index (χ2v) is 4.70. The normalized spacial score (nSPS) is 10.9. The third kappa shape index (κ3) is 3.71. The zero-order valence-electron chi connectivity index (χ0n) is 9.35. The fourth-order valence-corrected chi connectivity index (χ4v) is 1.43. The van der Waals surface area contributed by atoms with Gasteiger partial charge in [-0.25, -0.2) is 4.39 Å². The van der Waals surface area contributed by atoms with Crippen molar-refractivity contribution in [2.75, 3.05) is 11.9 Å². The molecule has 1 aromatic carbocycles. The molecule has 1 aromatic rings. The first kappa shape index (κ1) is 12.8. The van der Waals surface area contributed by atoms with Crippen LogP contribution >= 0.6 is 11.6 Å². The van der Waals surface area contributed by atoms with Gasteiger partial charge in [-0.1, -0.05) is 11.6 Å². The highest BCUT2D eigenvalue weighted by molar-refractivity contribution is 6.33. The van der Waals surface area contributed by atoms with Crippen molar-refractivity contribution in [3.05, 3.63) is 29.0 Å². The maximum Gasteiger partial charge on any atom is 0.124 e. The second kappa shape index (κ2) is 5.18. The van der Waals surface area contributed by atoms with Gasteiger partial charge in [0.1, 0.15) is 5.82 Å². The van der Waals surface area contributed by atoms with Crippen LogP contribution in [0, 0.1) is 22.6 Å². The maximum absolute atomic E-state index is 12.8. The Balaban J connectivity index is 2.53. The average Bonchev–Trinajstić information content (AvgIpc) is 2.21. The van der Waals surface area contributed by atoms with Crippen LogP contribution in [0.25, 0.3) is 0 Å². The highest BCUT2D eigenvalue weighted by Crippen LogP contribution is 2.24. The molecule has 0 bridgehead atoms. The van der Waals surface area contributed by atoms with Gasteiger partial charge in [-0.2, -0.15) is 5.26 Å². The summed E-state index contributed by atoms with van der Waals surface area (Å²) in [5.41, 5.74) is 0.330. The molecule has 0 fully saturated rings. The lowest BCUT2D eigenvalue weighted by Crippen LogP contribution is -2.14. The molecule has 0 unspecified atom stereocenters. The van der Waals surface area contributed by atoms with E-state index in [4.69, 9.17) is 16.9 Å². The Labute approximate surface area is 100 Å². The van der Waals surface area contributed by atoms with E-state index < -0.39 is 0 Å². The van der Waals surface area contributed by atoms with Crippen LogP contribution in [0.3, 0.4) is 0 Å². The summed E-state index contributed by atoms with van der Waals surface area (Å²) in [6.45, 7) is 4.38. The minimum Gasteiger partial charge on any atom is -0.384 e. The van der Waals surface area contributed by atoms with E-state index >= 15 is 0 Å². The first-order valence-corrected chi connectivity index (χ1v) is 5.42. The third-order valence-electron chi connectivity index (χ3n) is 2.30. The van der Waals surface area contributed by atoms with E-state index in [-0.39, 0.29) is 11.2 Å². The van der Waals surface area contributed by atoms with Gasteiger partial charge in [0, 0.05) is 6.54 Å². The summed E-state index contributed by atoms with van der Waals surface area (Å²) in [4.78, 5) is 0. The van der Waals surface area contributed by atoms with Crippen molar-refractivity contribution < 1.29 is 4.39 Å².